The number of hydrogen-bond acceptors (Lipinski definition) is 2. The highest BCUT2D eigenvalue weighted by Crippen LogP contribution is 2.65. The normalized spacial score (nSPS) is 14.7. The lowest BCUT2D eigenvalue weighted by Gasteiger charge is -2.31. The summed E-state index contributed by atoms with van der Waals surface area (Å²) in [7, 11) is 0. The summed E-state index contributed by atoms with van der Waals surface area (Å²) < 4.78 is 0. The molecule has 0 fully saturated rings. The highest BCUT2D eigenvalue weighted by Gasteiger charge is 2.52. The van der Waals surface area contributed by atoms with Crippen molar-refractivity contribution in [2.45, 2.75) is 43.9 Å². The predicted octanol–water partition coefficient (Wildman–Crippen LogP) is 21.0. The molecule has 13 aromatic rings. The van der Waals surface area contributed by atoms with Crippen molar-refractivity contribution in [1.82, 2.24) is 0 Å². The van der Waals surface area contributed by atoms with Crippen LogP contribution in [0.3, 0.4) is 0 Å². The Bertz CT molecular complexity index is 4590. The molecule has 0 saturated heterocycles. The predicted molar refractivity (Wildman–Crippen MR) is 340 cm³/mol. The van der Waals surface area contributed by atoms with Crippen molar-refractivity contribution in [3.05, 3.63) is 311 Å². The third-order valence-electron chi connectivity index (χ3n) is 19.1. The van der Waals surface area contributed by atoms with Gasteiger partial charge in [0.15, 0.2) is 0 Å². The number of benzene rings is 13. The Morgan fingerprint density at radius 1 is 0.222 bits per heavy atom. The molecule has 0 unspecified atom stereocenters. The van der Waals surface area contributed by atoms with E-state index >= 15 is 0 Å². The zero-order valence-corrected chi connectivity index (χ0v) is 45.8. The molecule has 0 aromatic heterocycles. The molecule has 81 heavy (non-hydrogen) atoms. The van der Waals surface area contributed by atoms with E-state index in [1.54, 1.807) is 0 Å². The Labute approximate surface area is 473 Å². The van der Waals surface area contributed by atoms with Crippen molar-refractivity contribution in [3.8, 4) is 44.5 Å². The number of hydrogen-bond donors (Lipinski definition) is 0. The van der Waals surface area contributed by atoms with Gasteiger partial charge in [0.25, 0.3) is 0 Å². The maximum Gasteiger partial charge on any atom is 0.0726 e. The Kier molecular flexibility index (Phi) is 9.49. The number of fused-ring (bicyclic) bond motifs is 20. The van der Waals surface area contributed by atoms with Gasteiger partial charge in [-0.05, 0) is 218 Å². The molecule has 4 aliphatic carbocycles. The Morgan fingerprint density at radius 3 is 1.16 bits per heavy atom. The minimum absolute atomic E-state index is 0.127. The van der Waals surface area contributed by atoms with E-state index in [1.807, 2.05) is 0 Å². The lowest BCUT2D eigenvalue weighted by Crippen LogP contribution is -2.26. The van der Waals surface area contributed by atoms with Crippen LogP contribution in [-0.2, 0) is 16.2 Å². The monoisotopic (exact) mass is 1030 g/mol. The summed E-state index contributed by atoms with van der Waals surface area (Å²) >= 11 is 0. The van der Waals surface area contributed by atoms with Crippen LogP contribution in [0.2, 0.25) is 0 Å². The van der Waals surface area contributed by atoms with Crippen molar-refractivity contribution >= 4 is 66.4 Å². The molecule has 17 rings (SSSR count). The van der Waals surface area contributed by atoms with Gasteiger partial charge in [-0.3, -0.25) is 0 Å². The van der Waals surface area contributed by atoms with Crippen LogP contribution in [-0.4, -0.2) is 0 Å². The number of anilines is 6. The van der Waals surface area contributed by atoms with Crippen molar-refractivity contribution in [2.75, 3.05) is 9.80 Å². The fraction of sp³-hybridized carbons (Fsp3) is 0.0886. The Hall–Kier alpha value is -9.76. The van der Waals surface area contributed by atoms with Crippen molar-refractivity contribution in [1.29, 1.82) is 0 Å². The SMILES string of the molecule is CC1(C)c2ccccc2-c2ccc(N(c3ccccc3)c3ccc4cc5c(cc4c3)C3(c4cc6cc(N(c7ccccc7)c7ccc8c(c7)C(C)(C)c7ccccc7-8)ccc6cc4-5)c4ccccc4-c4c3ccc3ccccc43)cc21. The van der Waals surface area contributed by atoms with Gasteiger partial charge in [-0.15, -0.1) is 0 Å². The molecule has 2 nitrogen and oxygen atoms in total. The van der Waals surface area contributed by atoms with Crippen molar-refractivity contribution in [2.24, 2.45) is 0 Å². The Morgan fingerprint density at radius 2 is 0.630 bits per heavy atom. The molecule has 1 spiro atoms. The molecule has 0 saturated carbocycles. The van der Waals surface area contributed by atoms with E-state index in [2.05, 4.69) is 304 Å². The maximum atomic E-state index is 2.56. The van der Waals surface area contributed by atoms with E-state index < -0.39 is 5.41 Å². The molecule has 2 heteroatoms. The summed E-state index contributed by atoms with van der Waals surface area (Å²) in [6.07, 6.45) is 0. The third-order valence-corrected chi connectivity index (χ3v) is 19.1. The zero-order valence-electron chi connectivity index (χ0n) is 45.8. The highest BCUT2D eigenvalue weighted by molar-refractivity contribution is 6.09. The molecular formula is C79H56N2. The smallest absolute Gasteiger partial charge is 0.0726 e. The van der Waals surface area contributed by atoms with Crippen LogP contribution in [0.15, 0.2) is 267 Å². The van der Waals surface area contributed by atoms with Gasteiger partial charge in [-0.2, -0.15) is 0 Å². The molecule has 13 aromatic carbocycles. The van der Waals surface area contributed by atoms with Gasteiger partial charge in [0.1, 0.15) is 0 Å². The van der Waals surface area contributed by atoms with Crippen LogP contribution in [0, 0.1) is 0 Å². The fourth-order valence-electron chi connectivity index (χ4n) is 15.4. The topological polar surface area (TPSA) is 6.48 Å². The first-order chi connectivity index (χ1) is 39.7. The van der Waals surface area contributed by atoms with Crippen LogP contribution in [0.4, 0.5) is 34.1 Å². The lowest BCUT2D eigenvalue weighted by atomic mass is 9.70. The second-order valence-corrected chi connectivity index (χ2v) is 24.0. The summed E-state index contributed by atoms with van der Waals surface area (Å²) in [6, 6.07) is 101. The van der Waals surface area contributed by atoms with Gasteiger partial charge in [0.2, 0.25) is 0 Å². The molecule has 0 N–H and O–H groups in total. The third kappa shape index (κ3) is 6.33. The van der Waals surface area contributed by atoms with Gasteiger partial charge < -0.3 is 9.80 Å². The summed E-state index contributed by atoms with van der Waals surface area (Å²) in [5, 5.41) is 7.42. The van der Waals surface area contributed by atoms with Gasteiger partial charge in [-0.1, -0.05) is 198 Å². The minimum Gasteiger partial charge on any atom is -0.310 e. The van der Waals surface area contributed by atoms with Crippen LogP contribution >= 0.6 is 0 Å². The van der Waals surface area contributed by atoms with E-state index in [-0.39, 0.29) is 10.8 Å². The number of nitrogens with zero attached hydrogens (tertiary/aromatic N) is 2. The Balaban J connectivity index is 0.875. The minimum atomic E-state index is -0.589. The molecule has 0 aliphatic heterocycles. The second-order valence-electron chi connectivity index (χ2n) is 24.0. The number of para-hydroxylation sites is 2. The molecule has 4 aliphatic rings. The van der Waals surface area contributed by atoms with Crippen LogP contribution in [0.25, 0.3) is 76.8 Å². The van der Waals surface area contributed by atoms with Crippen molar-refractivity contribution < 1.29 is 0 Å². The first-order valence-electron chi connectivity index (χ1n) is 28.6. The van der Waals surface area contributed by atoms with E-state index in [1.165, 1.54) is 121 Å². The van der Waals surface area contributed by atoms with Gasteiger partial charge in [-0.25, -0.2) is 0 Å². The van der Waals surface area contributed by atoms with Crippen LogP contribution < -0.4 is 9.80 Å². The molecule has 0 amide bonds. The molecule has 0 heterocycles. The molecule has 0 atom stereocenters. The standard InChI is InChI=1S/C79H56N2/c1-77(2)68-28-16-13-25-61(68)63-38-36-58(47-72(63)77)80(54-20-7-5-8-21-54)56-34-31-50-43-66-67-44-51-32-35-57(81(55-22-9-6-10-23-55)59-37-39-64-62-26-14-17-29-69(62)78(3,4)73(64)48-59)42-53(51)46-75(67)79(74(66)45-52(50)41-56)70-30-18-15-27-65(70)76-60-24-12-11-19-49(60)33-40-71(76)79/h5-48H,1-4H3. The quantitative estimate of drug-likeness (QED) is 0.164. The van der Waals surface area contributed by atoms with E-state index in [4.69, 9.17) is 0 Å². The van der Waals surface area contributed by atoms with Crippen molar-refractivity contribution in [3.63, 3.8) is 0 Å². The average Bonchev–Trinajstić information content (AvgIpc) is 2.48. The summed E-state index contributed by atoms with van der Waals surface area (Å²) in [5.74, 6) is 0. The summed E-state index contributed by atoms with van der Waals surface area (Å²) in [6.45, 7) is 9.49. The molecule has 0 radical (unpaired) electrons. The summed E-state index contributed by atoms with van der Waals surface area (Å²) in [5.41, 5.74) is 27.3. The first-order valence-corrected chi connectivity index (χ1v) is 28.6. The highest BCUT2D eigenvalue weighted by atomic mass is 15.1. The number of rotatable bonds is 6. The van der Waals surface area contributed by atoms with Crippen LogP contribution in [0.5, 0.6) is 0 Å². The maximum absolute atomic E-state index is 2.56. The van der Waals surface area contributed by atoms with Gasteiger partial charge in [0.05, 0.1) is 5.41 Å². The lowest BCUT2D eigenvalue weighted by molar-refractivity contribution is 0.660. The summed E-state index contributed by atoms with van der Waals surface area (Å²) in [4.78, 5) is 4.91. The van der Waals surface area contributed by atoms with E-state index in [0.717, 1.165) is 34.1 Å². The largest absolute Gasteiger partial charge is 0.310 e. The average molecular weight is 1030 g/mol. The van der Waals surface area contributed by atoms with E-state index in [9.17, 15) is 0 Å². The molecular weight excluding hydrogens is 977 g/mol. The van der Waals surface area contributed by atoms with Crippen LogP contribution in [0.1, 0.15) is 72.2 Å². The van der Waals surface area contributed by atoms with Gasteiger partial charge >= 0.3 is 0 Å². The molecule has 0 bridgehead atoms. The molecule has 382 valence electrons. The first kappa shape index (κ1) is 46.2. The zero-order chi connectivity index (χ0) is 53.9. The van der Waals surface area contributed by atoms with Gasteiger partial charge in [0, 0.05) is 45.0 Å². The fourth-order valence-corrected chi connectivity index (χ4v) is 15.4. The second kappa shape index (κ2) is 16.6. The van der Waals surface area contributed by atoms with E-state index in [0.29, 0.717) is 0 Å².